The lowest BCUT2D eigenvalue weighted by molar-refractivity contribution is -0.118. The molecular formula is C17H15NO5. The van der Waals surface area contributed by atoms with Crippen LogP contribution in [0.15, 0.2) is 30.3 Å². The molecule has 1 heterocycles. The Morgan fingerprint density at radius 1 is 1.00 bits per heavy atom. The molecule has 4 N–H and O–H groups in total. The van der Waals surface area contributed by atoms with E-state index in [0.29, 0.717) is 12.0 Å². The molecule has 1 aliphatic rings. The van der Waals surface area contributed by atoms with Crippen LogP contribution in [0, 0.1) is 0 Å². The van der Waals surface area contributed by atoms with Crippen molar-refractivity contribution in [2.24, 2.45) is 0 Å². The predicted molar refractivity (Wildman–Crippen MR) is 82.6 cm³/mol. The number of amides is 1. The average molecular weight is 313 g/mol. The normalized spacial score (nSPS) is 12.8. The first-order valence-electron chi connectivity index (χ1n) is 7.09. The molecule has 0 saturated heterocycles. The van der Waals surface area contributed by atoms with E-state index >= 15 is 0 Å². The van der Waals surface area contributed by atoms with Crippen LogP contribution in [-0.2, 0) is 28.9 Å². The van der Waals surface area contributed by atoms with E-state index in [-0.39, 0.29) is 24.5 Å². The lowest BCUT2D eigenvalue weighted by atomic mass is 10.00. The van der Waals surface area contributed by atoms with Crippen LogP contribution in [0.25, 0.3) is 0 Å². The number of ketones is 1. The maximum absolute atomic E-state index is 12.1. The molecule has 0 fully saturated rings. The lowest BCUT2D eigenvalue weighted by Crippen LogP contribution is -2.06. The molecule has 0 aliphatic carbocycles. The zero-order chi connectivity index (χ0) is 16.6. The molecule has 2 aromatic rings. The van der Waals surface area contributed by atoms with Crippen molar-refractivity contribution in [2.75, 3.05) is 5.32 Å². The Hall–Kier alpha value is -3.02. The highest BCUT2D eigenvalue weighted by Crippen LogP contribution is 2.35. The number of carbonyl (C=O) groups is 2. The van der Waals surface area contributed by atoms with Crippen molar-refractivity contribution in [3.63, 3.8) is 0 Å². The van der Waals surface area contributed by atoms with Crippen LogP contribution in [0.4, 0.5) is 5.69 Å². The second kappa shape index (κ2) is 5.64. The van der Waals surface area contributed by atoms with Gasteiger partial charge in [0.1, 0.15) is 5.78 Å². The summed E-state index contributed by atoms with van der Waals surface area (Å²) in [6.45, 7) is 0. The van der Waals surface area contributed by atoms with Gasteiger partial charge in [0.25, 0.3) is 0 Å². The third kappa shape index (κ3) is 3.11. The quantitative estimate of drug-likeness (QED) is 0.642. The summed E-state index contributed by atoms with van der Waals surface area (Å²) in [7, 11) is 0. The highest BCUT2D eigenvalue weighted by molar-refractivity contribution is 5.99. The van der Waals surface area contributed by atoms with E-state index in [1.165, 1.54) is 12.1 Å². The molecule has 0 saturated carbocycles. The van der Waals surface area contributed by atoms with Crippen LogP contribution in [-0.4, -0.2) is 27.0 Å². The Kier molecular flexibility index (Phi) is 3.65. The van der Waals surface area contributed by atoms with E-state index in [1.807, 2.05) is 6.07 Å². The van der Waals surface area contributed by atoms with Gasteiger partial charge in [-0.3, -0.25) is 9.59 Å². The van der Waals surface area contributed by atoms with Crippen molar-refractivity contribution in [2.45, 2.75) is 19.3 Å². The second-order valence-electron chi connectivity index (χ2n) is 5.59. The van der Waals surface area contributed by atoms with Gasteiger partial charge in [-0.15, -0.1) is 0 Å². The molecule has 1 aliphatic heterocycles. The summed E-state index contributed by atoms with van der Waals surface area (Å²) >= 11 is 0. The smallest absolute Gasteiger partial charge is 0.228 e. The Morgan fingerprint density at radius 2 is 1.65 bits per heavy atom. The average Bonchev–Trinajstić information content (AvgIpc) is 2.83. The van der Waals surface area contributed by atoms with E-state index in [1.54, 1.807) is 12.1 Å². The summed E-state index contributed by atoms with van der Waals surface area (Å²) < 4.78 is 0. The first-order chi connectivity index (χ1) is 10.9. The van der Waals surface area contributed by atoms with Gasteiger partial charge in [-0.2, -0.15) is 0 Å². The molecule has 23 heavy (non-hydrogen) atoms. The van der Waals surface area contributed by atoms with Crippen molar-refractivity contribution in [1.82, 2.24) is 0 Å². The van der Waals surface area contributed by atoms with E-state index < -0.39 is 17.2 Å². The largest absolute Gasteiger partial charge is 0.504 e. The number of Topliss-reactive ketones (excluding diaryl/α,β-unsaturated/α-hetero) is 1. The number of hydrogen-bond donors (Lipinski definition) is 4. The van der Waals surface area contributed by atoms with E-state index in [4.69, 9.17) is 0 Å². The number of rotatable bonds is 4. The van der Waals surface area contributed by atoms with Crippen molar-refractivity contribution in [3.05, 3.63) is 47.0 Å². The number of nitrogens with one attached hydrogen (secondary N) is 1. The Labute approximate surface area is 132 Å². The molecular weight excluding hydrogens is 298 g/mol. The number of aromatic hydroxyl groups is 3. The first-order valence-corrected chi connectivity index (χ1v) is 7.09. The fourth-order valence-electron chi connectivity index (χ4n) is 2.67. The predicted octanol–water partition coefficient (Wildman–Crippen LogP) is 1.65. The monoisotopic (exact) mass is 313 g/mol. The molecule has 6 nitrogen and oxygen atoms in total. The van der Waals surface area contributed by atoms with Gasteiger partial charge in [-0.25, -0.2) is 0 Å². The molecule has 0 spiro atoms. The number of benzene rings is 2. The van der Waals surface area contributed by atoms with Crippen molar-refractivity contribution in [3.8, 4) is 17.2 Å². The fourth-order valence-corrected chi connectivity index (χ4v) is 2.67. The highest BCUT2D eigenvalue weighted by Gasteiger charge is 2.18. The van der Waals surface area contributed by atoms with Gasteiger partial charge < -0.3 is 20.6 Å². The van der Waals surface area contributed by atoms with E-state index in [9.17, 15) is 24.9 Å². The molecule has 6 heteroatoms. The van der Waals surface area contributed by atoms with Crippen molar-refractivity contribution in [1.29, 1.82) is 0 Å². The highest BCUT2D eigenvalue weighted by atomic mass is 16.3. The summed E-state index contributed by atoms with van der Waals surface area (Å²) in [5.41, 5.74) is 2.87. The minimum absolute atomic E-state index is 0.0235. The molecule has 0 bridgehead atoms. The summed E-state index contributed by atoms with van der Waals surface area (Å²) in [6.07, 6.45) is 0.524. The third-order valence-corrected chi connectivity index (χ3v) is 3.73. The molecule has 1 amide bonds. The first kappa shape index (κ1) is 14.9. The van der Waals surface area contributed by atoms with Crippen LogP contribution >= 0.6 is 0 Å². The van der Waals surface area contributed by atoms with Gasteiger partial charge in [-0.05, 0) is 34.9 Å². The fraction of sp³-hybridized carbons (Fsp3) is 0.176. The molecule has 0 radical (unpaired) electrons. The van der Waals surface area contributed by atoms with E-state index in [2.05, 4.69) is 5.32 Å². The Balaban J connectivity index is 1.71. The molecule has 0 unspecified atom stereocenters. The lowest BCUT2D eigenvalue weighted by Gasteiger charge is -2.07. The van der Waals surface area contributed by atoms with Crippen molar-refractivity contribution >= 4 is 17.4 Å². The zero-order valence-corrected chi connectivity index (χ0v) is 12.2. The van der Waals surface area contributed by atoms with Gasteiger partial charge in [-0.1, -0.05) is 12.1 Å². The summed E-state index contributed by atoms with van der Waals surface area (Å²) in [4.78, 5) is 23.5. The summed E-state index contributed by atoms with van der Waals surface area (Å²) in [5, 5.41) is 30.9. The van der Waals surface area contributed by atoms with Gasteiger partial charge in [0.15, 0.2) is 17.2 Å². The number of carbonyl (C=O) groups excluding carboxylic acids is 2. The summed E-state index contributed by atoms with van der Waals surface area (Å²) in [5.74, 6) is -1.69. The Morgan fingerprint density at radius 3 is 2.35 bits per heavy atom. The molecule has 0 atom stereocenters. The maximum Gasteiger partial charge on any atom is 0.228 e. The number of fused-ring (bicyclic) bond motifs is 1. The van der Waals surface area contributed by atoms with Crippen molar-refractivity contribution < 1.29 is 24.9 Å². The number of phenolic OH excluding ortho intramolecular Hbond substituents is 3. The molecule has 2 aromatic carbocycles. The number of anilines is 1. The number of hydrogen-bond acceptors (Lipinski definition) is 5. The van der Waals surface area contributed by atoms with Gasteiger partial charge in [0.05, 0.1) is 6.42 Å². The van der Waals surface area contributed by atoms with Crippen LogP contribution in [0.2, 0.25) is 0 Å². The van der Waals surface area contributed by atoms with Crippen LogP contribution in [0.3, 0.4) is 0 Å². The molecule has 0 aromatic heterocycles. The SMILES string of the molecule is O=C(Cc1cc(O)c(O)c(O)c1)Cc1ccc2c(c1)CC(=O)N2. The van der Waals surface area contributed by atoms with Crippen LogP contribution in [0.1, 0.15) is 16.7 Å². The van der Waals surface area contributed by atoms with E-state index in [0.717, 1.165) is 16.8 Å². The molecule has 118 valence electrons. The number of phenols is 3. The summed E-state index contributed by atoms with van der Waals surface area (Å²) in [6, 6.07) is 7.89. The third-order valence-electron chi connectivity index (χ3n) is 3.73. The van der Waals surface area contributed by atoms with Gasteiger partial charge in [0.2, 0.25) is 5.91 Å². The van der Waals surface area contributed by atoms with Crippen LogP contribution < -0.4 is 5.32 Å². The standard InChI is InChI=1S/C17H15NO5/c19-12(5-10-6-14(20)17(23)15(21)7-10)4-9-1-2-13-11(3-9)8-16(22)18-13/h1-3,6-7,20-21,23H,4-5,8H2,(H,18,22). The van der Waals surface area contributed by atoms with Gasteiger partial charge in [0, 0.05) is 18.5 Å². The maximum atomic E-state index is 12.1. The minimum Gasteiger partial charge on any atom is -0.504 e. The topological polar surface area (TPSA) is 107 Å². The minimum atomic E-state index is -0.600. The molecule has 3 rings (SSSR count). The van der Waals surface area contributed by atoms with Gasteiger partial charge >= 0.3 is 0 Å². The Bertz CT molecular complexity index is 790. The van der Waals surface area contributed by atoms with Crippen LogP contribution in [0.5, 0.6) is 17.2 Å². The second-order valence-corrected chi connectivity index (χ2v) is 5.59. The zero-order valence-electron chi connectivity index (χ0n) is 12.2.